The number of benzene rings is 1. The number of anilines is 1. The first-order valence-corrected chi connectivity index (χ1v) is 8.63. The molecule has 1 aliphatic heterocycles. The fraction of sp³-hybridized carbons (Fsp3) is 0.571. The average Bonchev–Trinajstić information content (AvgIpc) is 2.39. The second-order valence-corrected chi connectivity index (χ2v) is 7.18. The fourth-order valence-electron chi connectivity index (χ4n) is 2.67. The van der Waals surface area contributed by atoms with Crippen molar-refractivity contribution in [3.05, 3.63) is 24.3 Å². The Hall–Kier alpha value is -1.07. The summed E-state index contributed by atoms with van der Waals surface area (Å²) in [5, 5.41) is 3.24. The van der Waals surface area contributed by atoms with Crippen molar-refractivity contribution in [3.8, 4) is 0 Å². The minimum absolute atomic E-state index is 0.387. The van der Waals surface area contributed by atoms with Crippen LogP contribution in [0.15, 0.2) is 29.2 Å². The van der Waals surface area contributed by atoms with Crippen molar-refractivity contribution in [2.75, 3.05) is 31.3 Å². The third-order valence-electron chi connectivity index (χ3n) is 3.66. The van der Waals surface area contributed by atoms with Crippen molar-refractivity contribution < 1.29 is 8.42 Å². The molecule has 5 heteroatoms. The molecule has 106 valence electrons. The van der Waals surface area contributed by atoms with Gasteiger partial charge < -0.3 is 10.2 Å². The molecule has 1 aromatic carbocycles. The van der Waals surface area contributed by atoms with E-state index in [1.54, 1.807) is 12.1 Å². The first-order valence-electron chi connectivity index (χ1n) is 6.74. The van der Waals surface area contributed by atoms with E-state index >= 15 is 0 Å². The second kappa shape index (κ2) is 5.92. The number of hydrogen-bond acceptors (Lipinski definition) is 4. The van der Waals surface area contributed by atoms with Gasteiger partial charge in [0.05, 0.1) is 4.90 Å². The van der Waals surface area contributed by atoms with Gasteiger partial charge in [-0.15, -0.1) is 0 Å². The van der Waals surface area contributed by atoms with Crippen molar-refractivity contribution in [2.24, 2.45) is 0 Å². The van der Waals surface area contributed by atoms with E-state index in [0.29, 0.717) is 10.9 Å². The van der Waals surface area contributed by atoms with Crippen LogP contribution >= 0.6 is 0 Å². The van der Waals surface area contributed by atoms with Crippen molar-refractivity contribution in [1.29, 1.82) is 0 Å². The highest BCUT2D eigenvalue weighted by Crippen LogP contribution is 2.25. The zero-order valence-corrected chi connectivity index (χ0v) is 12.4. The number of hydrogen-bond donors (Lipinski definition) is 1. The second-order valence-electron chi connectivity index (χ2n) is 5.17. The van der Waals surface area contributed by atoms with Crippen LogP contribution in [0.5, 0.6) is 0 Å². The standard InChI is InChI=1S/C14H22N2O2S/c1-15-11-13-5-3-4-10-16(13)12-6-8-14(9-7-12)19(2,17)18/h6-9,13,15H,3-5,10-11H2,1-2H3. The van der Waals surface area contributed by atoms with Crippen molar-refractivity contribution in [2.45, 2.75) is 30.2 Å². The molecule has 1 heterocycles. The summed E-state index contributed by atoms with van der Waals surface area (Å²) in [6.45, 7) is 2.01. The normalized spacial score (nSPS) is 20.5. The molecular weight excluding hydrogens is 260 g/mol. The number of likely N-dealkylation sites (N-methyl/N-ethyl adjacent to an activating group) is 1. The van der Waals surface area contributed by atoms with Crippen LogP contribution < -0.4 is 10.2 Å². The molecule has 1 unspecified atom stereocenters. The van der Waals surface area contributed by atoms with E-state index in [0.717, 1.165) is 18.8 Å². The molecule has 1 fully saturated rings. The van der Waals surface area contributed by atoms with Crippen LogP contribution in [0.3, 0.4) is 0 Å². The Labute approximate surface area is 115 Å². The summed E-state index contributed by atoms with van der Waals surface area (Å²) in [5.74, 6) is 0. The maximum atomic E-state index is 11.5. The number of nitrogens with zero attached hydrogens (tertiary/aromatic N) is 1. The molecule has 0 amide bonds. The summed E-state index contributed by atoms with van der Waals surface area (Å²) >= 11 is 0. The summed E-state index contributed by atoms with van der Waals surface area (Å²) in [4.78, 5) is 2.77. The molecule has 4 nitrogen and oxygen atoms in total. The van der Waals surface area contributed by atoms with Gasteiger partial charge in [0.25, 0.3) is 0 Å². The monoisotopic (exact) mass is 282 g/mol. The van der Waals surface area contributed by atoms with Crippen LogP contribution in [0, 0.1) is 0 Å². The lowest BCUT2D eigenvalue weighted by atomic mass is 10.0. The predicted molar refractivity (Wildman–Crippen MR) is 78.5 cm³/mol. The van der Waals surface area contributed by atoms with Gasteiger partial charge in [-0.3, -0.25) is 0 Å². The Bertz CT molecular complexity index is 509. The molecule has 1 atom stereocenters. The SMILES string of the molecule is CNCC1CCCCN1c1ccc(S(C)(=O)=O)cc1. The quantitative estimate of drug-likeness (QED) is 0.912. The molecule has 0 saturated carbocycles. The van der Waals surface area contributed by atoms with E-state index in [2.05, 4.69) is 10.2 Å². The van der Waals surface area contributed by atoms with E-state index in [1.165, 1.54) is 25.5 Å². The lowest BCUT2D eigenvalue weighted by molar-refractivity contribution is 0.446. The number of sulfone groups is 1. The summed E-state index contributed by atoms with van der Waals surface area (Å²) in [5.41, 5.74) is 1.12. The van der Waals surface area contributed by atoms with Crippen LogP contribution in [-0.4, -0.2) is 40.9 Å². The Morgan fingerprint density at radius 3 is 2.53 bits per heavy atom. The van der Waals surface area contributed by atoms with Gasteiger partial charge in [-0.1, -0.05) is 0 Å². The van der Waals surface area contributed by atoms with E-state index < -0.39 is 9.84 Å². The molecule has 0 aromatic heterocycles. The molecule has 1 saturated heterocycles. The first-order chi connectivity index (χ1) is 9.02. The minimum Gasteiger partial charge on any atom is -0.367 e. The lowest BCUT2D eigenvalue weighted by Gasteiger charge is -2.37. The maximum absolute atomic E-state index is 11.5. The molecule has 0 radical (unpaired) electrons. The van der Waals surface area contributed by atoms with Gasteiger partial charge in [0.15, 0.2) is 9.84 Å². The number of rotatable bonds is 4. The van der Waals surface area contributed by atoms with Gasteiger partial charge in [0.2, 0.25) is 0 Å². The summed E-state index contributed by atoms with van der Waals surface area (Å²) in [6, 6.07) is 7.75. The van der Waals surface area contributed by atoms with E-state index in [1.807, 2.05) is 19.2 Å². The molecule has 19 heavy (non-hydrogen) atoms. The Kier molecular flexibility index (Phi) is 4.47. The molecule has 2 rings (SSSR count). The fourth-order valence-corrected chi connectivity index (χ4v) is 3.30. The zero-order valence-electron chi connectivity index (χ0n) is 11.6. The third-order valence-corrected chi connectivity index (χ3v) is 4.79. The van der Waals surface area contributed by atoms with Gasteiger partial charge in [0.1, 0.15) is 0 Å². The van der Waals surface area contributed by atoms with Gasteiger partial charge in [-0.2, -0.15) is 0 Å². The molecule has 1 N–H and O–H groups in total. The third kappa shape index (κ3) is 3.48. The number of piperidine rings is 1. The Morgan fingerprint density at radius 2 is 1.95 bits per heavy atom. The molecule has 1 aromatic rings. The van der Waals surface area contributed by atoms with Crippen LogP contribution in [-0.2, 0) is 9.84 Å². The van der Waals surface area contributed by atoms with Gasteiger partial charge in [-0.25, -0.2) is 8.42 Å². The minimum atomic E-state index is -3.10. The molecule has 0 spiro atoms. The van der Waals surface area contributed by atoms with Gasteiger partial charge in [-0.05, 0) is 50.6 Å². The lowest BCUT2D eigenvalue weighted by Crippen LogP contribution is -2.45. The van der Waals surface area contributed by atoms with E-state index in [4.69, 9.17) is 0 Å². The van der Waals surface area contributed by atoms with Crippen molar-refractivity contribution in [3.63, 3.8) is 0 Å². The highest BCUT2D eigenvalue weighted by Gasteiger charge is 2.22. The topological polar surface area (TPSA) is 49.4 Å². The molecule has 1 aliphatic rings. The number of nitrogens with one attached hydrogen (secondary N) is 1. The van der Waals surface area contributed by atoms with Crippen LogP contribution in [0.1, 0.15) is 19.3 Å². The van der Waals surface area contributed by atoms with Crippen molar-refractivity contribution >= 4 is 15.5 Å². The van der Waals surface area contributed by atoms with Gasteiger partial charge >= 0.3 is 0 Å². The van der Waals surface area contributed by atoms with E-state index in [-0.39, 0.29) is 0 Å². The molecule has 0 aliphatic carbocycles. The van der Waals surface area contributed by atoms with Crippen LogP contribution in [0.4, 0.5) is 5.69 Å². The summed E-state index contributed by atoms with van der Waals surface area (Å²) < 4.78 is 22.9. The largest absolute Gasteiger partial charge is 0.367 e. The highest BCUT2D eigenvalue weighted by atomic mass is 32.2. The van der Waals surface area contributed by atoms with Crippen LogP contribution in [0.2, 0.25) is 0 Å². The first kappa shape index (κ1) is 14.3. The van der Waals surface area contributed by atoms with Gasteiger partial charge in [0, 0.05) is 31.1 Å². The molecule has 0 bridgehead atoms. The average molecular weight is 282 g/mol. The van der Waals surface area contributed by atoms with E-state index in [9.17, 15) is 8.42 Å². The highest BCUT2D eigenvalue weighted by molar-refractivity contribution is 7.90. The predicted octanol–water partition coefficient (Wildman–Crippen LogP) is 1.67. The summed E-state index contributed by atoms with van der Waals surface area (Å²) in [7, 11) is -1.13. The summed E-state index contributed by atoms with van der Waals surface area (Å²) in [6.07, 6.45) is 4.90. The van der Waals surface area contributed by atoms with Crippen molar-refractivity contribution in [1.82, 2.24) is 5.32 Å². The van der Waals surface area contributed by atoms with Crippen LogP contribution in [0.25, 0.3) is 0 Å². The Morgan fingerprint density at radius 1 is 1.26 bits per heavy atom. The molecular formula is C14H22N2O2S. The smallest absolute Gasteiger partial charge is 0.175 e. The maximum Gasteiger partial charge on any atom is 0.175 e. The Balaban J connectivity index is 2.20. The zero-order chi connectivity index (χ0) is 13.9.